The number of carbonyl (C=O) groups is 2. The molecule has 6 nitrogen and oxygen atoms in total. The topological polar surface area (TPSA) is 69.0 Å². The van der Waals surface area contributed by atoms with Gasteiger partial charge < -0.3 is 13.9 Å². The maximum absolute atomic E-state index is 13.2. The number of furan rings is 1. The predicted molar refractivity (Wildman–Crippen MR) is 119 cm³/mol. The fraction of sp³-hybridized carbons (Fsp3) is 0.167. The summed E-state index contributed by atoms with van der Waals surface area (Å²) in [5.74, 6) is 1.96. The third-order valence-corrected chi connectivity index (χ3v) is 5.87. The first-order valence-corrected chi connectivity index (χ1v) is 10.7. The van der Waals surface area contributed by atoms with Crippen LogP contribution >= 0.6 is 11.8 Å². The number of benzene rings is 2. The molecule has 0 atom stereocenters. The van der Waals surface area contributed by atoms with Crippen molar-refractivity contribution in [3.63, 3.8) is 0 Å². The van der Waals surface area contributed by atoms with E-state index in [2.05, 4.69) is 0 Å². The van der Waals surface area contributed by atoms with Crippen molar-refractivity contribution >= 4 is 29.1 Å². The number of hydrogen-bond donors (Lipinski definition) is 0. The molecule has 1 aliphatic rings. The minimum Gasteiger partial charge on any atom is -0.497 e. The van der Waals surface area contributed by atoms with Gasteiger partial charge in [0.15, 0.2) is 0 Å². The molecule has 0 fully saturated rings. The summed E-state index contributed by atoms with van der Waals surface area (Å²) in [5, 5.41) is 0. The molecular weight excluding hydrogens is 414 g/mol. The van der Waals surface area contributed by atoms with Gasteiger partial charge in [-0.05, 0) is 42.0 Å². The molecule has 0 spiro atoms. The first-order chi connectivity index (χ1) is 15.2. The zero-order valence-corrected chi connectivity index (χ0v) is 17.8. The zero-order valence-electron chi connectivity index (χ0n) is 16.9. The average molecular weight is 436 g/mol. The quantitative estimate of drug-likeness (QED) is 0.465. The molecule has 0 bridgehead atoms. The Morgan fingerprint density at radius 1 is 0.903 bits per heavy atom. The van der Waals surface area contributed by atoms with E-state index >= 15 is 0 Å². The van der Waals surface area contributed by atoms with Crippen LogP contribution in [0, 0.1) is 0 Å². The Hall–Kier alpha value is -3.45. The van der Waals surface area contributed by atoms with Gasteiger partial charge in [-0.3, -0.25) is 14.5 Å². The van der Waals surface area contributed by atoms with Crippen LogP contribution in [-0.4, -0.2) is 37.0 Å². The number of methoxy groups -OCH3 is 1. The number of nitrogens with zero attached hydrogens (tertiary/aromatic N) is 1. The Labute approximate surface area is 184 Å². The SMILES string of the molecule is COc1ccc(OCCN2C(=O)C(SCc3ccco3)=C(c3ccccc3)C2=O)cc1. The van der Waals surface area contributed by atoms with Gasteiger partial charge in [0.1, 0.15) is 23.9 Å². The third-order valence-electron chi connectivity index (χ3n) is 4.77. The van der Waals surface area contributed by atoms with E-state index in [4.69, 9.17) is 13.9 Å². The maximum atomic E-state index is 13.2. The average Bonchev–Trinajstić information content (AvgIpc) is 3.40. The van der Waals surface area contributed by atoms with E-state index in [0.717, 1.165) is 17.1 Å². The van der Waals surface area contributed by atoms with Gasteiger partial charge in [-0.25, -0.2) is 0 Å². The molecule has 3 aromatic rings. The van der Waals surface area contributed by atoms with Crippen molar-refractivity contribution in [3.8, 4) is 11.5 Å². The van der Waals surface area contributed by atoms with Crippen LogP contribution in [0.25, 0.3) is 5.57 Å². The number of hydrogen-bond acceptors (Lipinski definition) is 6. The smallest absolute Gasteiger partial charge is 0.268 e. The molecule has 0 saturated carbocycles. The van der Waals surface area contributed by atoms with Gasteiger partial charge in [-0.2, -0.15) is 0 Å². The lowest BCUT2D eigenvalue weighted by molar-refractivity contribution is -0.136. The van der Waals surface area contributed by atoms with E-state index in [0.29, 0.717) is 22.0 Å². The molecule has 0 N–H and O–H groups in total. The number of imide groups is 1. The molecule has 4 rings (SSSR count). The minimum atomic E-state index is -0.309. The Kier molecular flexibility index (Phi) is 6.43. The lowest BCUT2D eigenvalue weighted by Crippen LogP contribution is -2.35. The van der Waals surface area contributed by atoms with Crippen LogP contribution in [0.15, 0.2) is 82.3 Å². The van der Waals surface area contributed by atoms with Crippen molar-refractivity contribution < 1.29 is 23.5 Å². The monoisotopic (exact) mass is 435 g/mol. The molecule has 0 unspecified atom stereocenters. The number of ether oxygens (including phenoxy) is 2. The summed E-state index contributed by atoms with van der Waals surface area (Å²) >= 11 is 1.31. The van der Waals surface area contributed by atoms with Crippen LogP contribution in [0.1, 0.15) is 11.3 Å². The van der Waals surface area contributed by atoms with Crippen molar-refractivity contribution in [1.82, 2.24) is 4.90 Å². The van der Waals surface area contributed by atoms with E-state index in [1.54, 1.807) is 43.7 Å². The minimum absolute atomic E-state index is 0.158. The second-order valence-electron chi connectivity index (χ2n) is 6.72. The number of rotatable bonds is 9. The van der Waals surface area contributed by atoms with Crippen molar-refractivity contribution in [2.24, 2.45) is 0 Å². The Morgan fingerprint density at radius 3 is 2.32 bits per heavy atom. The summed E-state index contributed by atoms with van der Waals surface area (Å²) in [6.07, 6.45) is 1.59. The van der Waals surface area contributed by atoms with Gasteiger partial charge in [0, 0.05) is 0 Å². The second-order valence-corrected chi connectivity index (χ2v) is 7.71. The lowest BCUT2D eigenvalue weighted by atomic mass is 10.1. The zero-order chi connectivity index (χ0) is 21.6. The van der Waals surface area contributed by atoms with E-state index in [1.807, 2.05) is 36.4 Å². The number of carbonyl (C=O) groups excluding carboxylic acids is 2. The molecule has 0 saturated heterocycles. The summed E-state index contributed by atoms with van der Waals surface area (Å²) in [7, 11) is 1.60. The summed E-state index contributed by atoms with van der Waals surface area (Å²) < 4.78 is 16.2. The van der Waals surface area contributed by atoms with Crippen LogP contribution in [0.5, 0.6) is 11.5 Å². The van der Waals surface area contributed by atoms with Crippen molar-refractivity contribution in [1.29, 1.82) is 0 Å². The molecule has 1 aliphatic heterocycles. The van der Waals surface area contributed by atoms with Crippen LogP contribution < -0.4 is 9.47 Å². The fourth-order valence-corrected chi connectivity index (χ4v) is 4.25. The number of thioether (sulfide) groups is 1. The van der Waals surface area contributed by atoms with Gasteiger partial charge in [0.05, 0.1) is 36.1 Å². The maximum Gasteiger partial charge on any atom is 0.268 e. The van der Waals surface area contributed by atoms with Gasteiger partial charge >= 0.3 is 0 Å². The van der Waals surface area contributed by atoms with Gasteiger partial charge in [-0.1, -0.05) is 30.3 Å². The summed E-state index contributed by atoms with van der Waals surface area (Å²) in [4.78, 5) is 27.9. The molecule has 2 heterocycles. The van der Waals surface area contributed by atoms with Crippen LogP contribution in [0.3, 0.4) is 0 Å². The van der Waals surface area contributed by atoms with Crippen molar-refractivity contribution in [2.45, 2.75) is 5.75 Å². The molecule has 0 aliphatic carbocycles. The molecular formula is C24H21NO5S. The third kappa shape index (κ3) is 4.67. The molecule has 31 heavy (non-hydrogen) atoms. The fourth-order valence-electron chi connectivity index (χ4n) is 3.21. The standard InChI is InChI=1S/C24H21NO5S/c1-28-18-9-11-19(12-10-18)30-15-13-25-23(26)21(17-6-3-2-4-7-17)22(24(25)27)31-16-20-8-5-14-29-20/h2-12,14H,13,15-16H2,1H3. The Balaban J connectivity index is 1.48. The van der Waals surface area contributed by atoms with E-state index in [-0.39, 0.29) is 25.0 Å². The van der Waals surface area contributed by atoms with Gasteiger partial charge in [0.25, 0.3) is 11.8 Å². The first-order valence-electron chi connectivity index (χ1n) is 9.75. The molecule has 2 aromatic carbocycles. The Bertz CT molecular complexity index is 1070. The first kappa shape index (κ1) is 20.8. The molecule has 2 amide bonds. The molecule has 1 aromatic heterocycles. The van der Waals surface area contributed by atoms with E-state index in [1.165, 1.54) is 16.7 Å². The Morgan fingerprint density at radius 2 is 1.65 bits per heavy atom. The van der Waals surface area contributed by atoms with E-state index < -0.39 is 0 Å². The van der Waals surface area contributed by atoms with Gasteiger partial charge in [0.2, 0.25) is 0 Å². The largest absolute Gasteiger partial charge is 0.497 e. The number of amides is 2. The lowest BCUT2D eigenvalue weighted by Gasteiger charge is -2.15. The van der Waals surface area contributed by atoms with Gasteiger partial charge in [-0.15, -0.1) is 11.8 Å². The molecule has 7 heteroatoms. The highest BCUT2D eigenvalue weighted by Gasteiger charge is 2.39. The van der Waals surface area contributed by atoms with Crippen molar-refractivity contribution in [3.05, 3.63) is 89.2 Å². The van der Waals surface area contributed by atoms with E-state index in [9.17, 15) is 9.59 Å². The molecule has 0 radical (unpaired) electrons. The second kappa shape index (κ2) is 9.57. The van der Waals surface area contributed by atoms with Crippen LogP contribution in [0.2, 0.25) is 0 Å². The predicted octanol–water partition coefficient (Wildman–Crippen LogP) is 4.38. The highest BCUT2D eigenvalue weighted by molar-refractivity contribution is 8.03. The van der Waals surface area contributed by atoms with Crippen LogP contribution in [-0.2, 0) is 15.3 Å². The summed E-state index contributed by atoms with van der Waals surface area (Å²) in [5.41, 5.74) is 1.15. The highest BCUT2D eigenvalue weighted by atomic mass is 32.2. The van der Waals surface area contributed by atoms with Crippen LogP contribution in [0.4, 0.5) is 0 Å². The highest BCUT2D eigenvalue weighted by Crippen LogP contribution is 2.37. The summed E-state index contributed by atoms with van der Waals surface area (Å²) in [6, 6.07) is 20.0. The normalized spacial score (nSPS) is 13.8. The summed E-state index contributed by atoms with van der Waals surface area (Å²) in [6.45, 7) is 0.354. The molecule has 158 valence electrons. The van der Waals surface area contributed by atoms with Crippen molar-refractivity contribution in [2.75, 3.05) is 20.3 Å².